The lowest BCUT2D eigenvalue weighted by atomic mass is 9.96. The predicted octanol–water partition coefficient (Wildman–Crippen LogP) is 2.33. The van der Waals surface area contributed by atoms with Gasteiger partial charge in [0, 0.05) is 19.6 Å². The van der Waals surface area contributed by atoms with Gasteiger partial charge in [0.2, 0.25) is 0 Å². The molecule has 86 valence electrons. The maximum Gasteiger partial charge on any atom is 0.389 e. The third kappa shape index (κ3) is 5.44. The molecule has 2 unspecified atom stereocenters. The molecule has 0 bridgehead atoms. The molecule has 0 radical (unpaired) electrons. The van der Waals surface area contributed by atoms with Gasteiger partial charge in [-0.3, -0.25) is 0 Å². The molecule has 0 aliphatic carbocycles. The summed E-state index contributed by atoms with van der Waals surface area (Å²) in [6, 6.07) is -0.554. The highest BCUT2D eigenvalue weighted by molar-refractivity contribution is 4.76. The normalized spacial score (nSPS) is 17.1. The van der Waals surface area contributed by atoms with E-state index in [0.29, 0.717) is 0 Å². The van der Waals surface area contributed by atoms with Crippen molar-refractivity contribution in [2.75, 3.05) is 7.11 Å². The minimum atomic E-state index is -4.13. The fraction of sp³-hybridized carbons (Fsp3) is 1.00. The van der Waals surface area contributed by atoms with Crippen LogP contribution in [0.2, 0.25) is 0 Å². The van der Waals surface area contributed by atoms with E-state index < -0.39 is 18.6 Å². The summed E-state index contributed by atoms with van der Waals surface area (Å²) >= 11 is 0. The Morgan fingerprint density at radius 1 is 1.29 bits per heavy atom. The number of rotatable bonds is 5. The topological polar surface area (TPSA) is 35.2 Å². The fourth-order valence-corrected chi connectivity index (χ4v) is 1.44. The van der Waals surface area contributed by atoms with E-state index in [2.05, 4.69) is 0 Å². The SMILES string of the molecule is COC(C(C)C)C(N)CCC(F)(F)F. The Hall–Kier alpha value is -0.290. The Balaban J connectivity index is 3.99. The first-order valence-corrected chi connectivity index (χ1v) is 4.63. The molecule has 0 saturated heterocycles. The molecule has 0 fully saturated rings. The van der Waals surface area contributed by atoms with Gasteiger partial charge >= 0.3 is 6.18 Å². The molecule has 0 aromatic heterocycles. The summed E-state index contributed by atoms with van der Waals surface area (Å²) in [5.74, 6) is 0.128. The van der Waals surface area contributed by atoms with Crippen LogP contribution < -0.4 is 5.73 Å². The second kappa shape index (κ2) is 5.56. The molecule has 0 aliphatic heterocycles. The number of halogens is 3. The summed E-state index contributed by atoms with van der Waals surface area (Å²) < 4.78 is 40.7. The number of nitrogens with two attached hydrogens (primary N) is 1. The zero-order valence-corrected chi connectivity index (χ0v) is 8.77. The second-order valence-corrected chi connectivity index (χ2v) is 3.76. The molecule has 0 spiro atoms. The van der Waals surface area contributed by atoms with Crippen molar-refractivity contribution < 1.29 is 17.9 Å². The highest BCUT2D eigenvalue weighted by Gasteiger charge is 2.30. The van der Waals surface area contributed by atoms with Crippen LogP contribution in [0.25, 0.3) is 0 Å². The molecule has 14 heavy (non-hydrogen) atoms. The molecule has 0 heterocycles. The molecule has 0 rings (SSSR count). The lowest BCUT2D eigenvalue weighted by Gasteiger charge is -2.26. The Bertz CT molecular complexity index is 159. The van der Waals surface area contributed by atoms with Gasteiger partial charge < -0.3 is 10.5 Å². The van der Waals surface area contributed by atoms with Crippen molar-refractivity contribution in [3.05, 3.63) is 0 Å². The van der Waals surface area contributed by atoms with Crippen LogP contribution in [0.4, 0.5) is 13.2 Å². The molecular formula is C9H18F3NO. The molecule has 2 N–H and O–H groups in total. The molecular weight excluding hydrogens is 195 g/mol. The van der Waals surface area contributed by atoms with E-state index in [9.17, 15) is 13.2 Å². The highest BCUT2D eigenvalue weighted by atomic mass is 19.4. The molecule has 0 aromatic carbocycles. The maximum absolute atomic E-state index is 11.9. The van der Waals surface area contributed by atoms with Crippen molar-refractivity contribution >= 4 is 0 Å². The summed E-state index contributed by atoms with van der Waals surface area (Å²) in [6.07, 6.45) is -5.37. The molecule has 2 nitrogen and oxygen atoms in total. The van der Waals surface area contributed by atoms with Crippen LogP contribution in [-0.2, 0) is 4.74 Å². The first-order chi connectivity index (χ1) is 6.28. The van der Waals surface area contributed by atoms with Crippen molar-refractivity contribution in [1.82, 2.24) is 0 Å². The van der Waals surface area contributed by atoms with E-state index in [1.165, 1.54) is 7.11 Å². The smallest absolute Gasteiger partial charge is 0.380 e. The van der Waals surface area contributed by atoms with Gasteiger partial charge in [-0.1, -0.05) is 13.8 Å². The van der Waals surface area contributed by atoms with E-state index >= 15 is 0 Å². The van der Waals surface area contributed by atoms with Crippen molar-refractivity contribution in [3.8, 4) is 0 Å². The summed E-state index contributed by atoms with van der Waals surface area (Å²) in [5, 5.41) is 0. The van der Waals surface area contributed by atoms with Crippen LogP contribution in [0.3, 0.4) is 0 Å². The van der Waals surface area contributed by atoms with Gasteiger partial charge in [0.15, 0.2) is 0 Å². The summed E-state index contributed by atoms with van der Waals surface area (Å²) in [4.78, 5) is 0. The third-order valence-electron chi connectivity index (χ3n) is 2.11. The Labute approximate surface area is 82.6 Å². The minimum absolute atomic E-state index is 0.0831. The van der Waals surface area contributed by atoms with Crippen molar-refractivity contribution in [3.63, 3.8) is 0 Å². The Morgan fingerprint density at radius 3 is 2.07 bits per heavy atom. The predicted molar refractivity (Wildman–Crippen MR) is 48.9 cm³/mol. The van der Waals surface area contributed by atoms with Gasteiger partial charge in [0.25, 0.3) is 0 Å². The average molecular weight is 213 g/mol. The molecule has 2 atom stereocenters. The first-order valence-electron chi connectivity index (χ1n) is 4.63. The zero-order valence-electron chi connectivity index (χ0n) is 8.77. The Kier molecular flexibility index (Phi) is 5.44. The van der Waals surface area contributed by atoms with Crippen LogP contribution in [0.1, 0.15) is 26.7 Å². The van der Waals surface area contributed by atoms with Gasteiger partial charge in [0.1, 0.15) is 0 Å². The van der Waals surface area contributed by atoms with E-state index in [0.717, 1.165) is 0 Å². The number of hydrogen-bond acceptors (Lipinski definition) is 2. The Morgan fingerprint density at radius 2 is 1.79 bits per heavy atom. The third-order valence-corrected chi connectivity index (χ3v) is 2.11. The van der Waals surface area contributed by atoms with Crippen molar-refractivity contribution in [2.45, 2.75) is 45.0 Å². The zero-order chi connectivity index (χ0) is 11.4. The lowest BCUT2D eigenvalue weighted by molar-refractivity contribution is -0.138. The van der Waals surface area contributed by atoms with E-state index in [-0.39, 0.29) is 18.4 Å². The standard InChI is InChI=1S/C9H18F3NO/c1-6(2)8(14-3)7(13)4-5-9(10,11)12/h6-8H,4-5,13H2,1-3H3. The molecule has 0 aliphatic rings. The van der Waals surface area contributed by atoms with Crippen LogP contribution in [-0.4, -0.2) is 25.4 Å². The molecule has 0 aromatic rings. The molecule has 5 heteroatoms. The lowest BCUT2D eigenvalue weighted by Crippen LogP contribution is -2.40. The van der Waals surface area contributed by atoms with Crippen molar-refractivity contribution in [1.29, 1.82) is 0 Å². The van der Waals surface area contributed by atoms with Gasteiger partial charge in [-0.25, -0.2) is 0 Å². The number of ether oxygens (including phenoxy) is 1. The molecule has 0 saturated carbocycles. The van der Waals surface area contributed by atoms with E-state index in [1.807, 2.05) is 13.8 Å². The summed E-state index contributed by atoms with van der Waals surface area (Å²) in [5.41, 5.74) is 5.61. The minimum Gasteiger partial charge on any atom is -0.380 e. The van der Waals surface area contributed by atoms with E-state index in [1.54, 1.807) is 0 Å². The summed E-state index contributed by atoms with van der Waals surface area (Å²) in [6.45, 7) is 3.75. The van der Waals surface area contributed by atoms with Crippen LogP contribution in [0, 0.1) is 5.92 Å². The maximum atomic E-state index is 11.9. The number of alkyl halides is 3. The summed E-state index contributed by atoms with van der Waals surface area (Å²) in [7, 11) is 1.47. The number of hydrogen-bond donors (Lipinski definition) is 1. The monoisotopic (exact) mass is 213 g/mol. The van der Waals surface area contributed by atoms with Gasteiger partial charge in [0.05, 0.1) is 6.10 Å². The fourth-order valence-electron chi connectivity index (χ4n) is 1.44. The van der Waals surface area contributed by atoms with Crippen molar-refractivity contribution in [2.24, 2.45) is 11.7 Å². The largest absolute Gasteiger partial charge is 0.389 e. The van der Waals surface area contributed by atoms with Gasteiger partial charge in [-0.05, 0) is 12.3 Å². The second-order valence-electron chi connectivity index (χ2n) is 3.76. The van der Waals surface area contributed by atoms with Crippen LogP contribution in [0.5, 0.6) is 0 Å². The van der Waals surface area contributed by atoms with Gasteiger partial charge in [-0.15, -0.1) is 0 Å². The number of methoxy groups -OCH3 is 1. The van der Waals surface area contributed by atoms with Crippen LogP contribution >= 0.6 is 0 Å². The first kappa shape index (κ1) is 13.7. The molecule has 0 amide bonds. The average Bonchev–Trinajstić information content (AvgIpc) is 2.00. The highest BCUT2D eigenvalue weighted by Crippen LogP contribution is 2.23. The van der Waals surface area contributed by atoms with Gasteiger partial charge in [-0.2, -0.15) is 13.2 Å². The van der Waals surface area contributed by atoms with Crippen LogP contribution in [0.15, 0.2) is 0 Å². The quantitative estimate of drug-likeness (QED) is 0.760. The van der Waals surface area contributed by atoms with E-state index in [4.69, 9.17) is 10.5 Å².